The lowest BCUT2D eigenvalue weighted by Gasteiger charge is -2.07. The van der Waals surface area contributed by atoms with Crippen molar-refractivity contribution in [3.63, 3.8) is 0 Å². The van der Waals surface area contributed by atoms with Gasteiger partial charge in [-0.1, -0.05) is 0 Å². The molecular formula is C12H8ClF2NO2. The summed E-state index contributed by atoms with van der Waals surface area (Å²) in [5.41, 5.74) is -0.250. The molecule has 1 heterocycles. The van der Waals surface area contributed by atoms with Gasteiger partial charge in [-0.2, -0.15) is 0 Å². The predicted octanol–water partition coefficient (Wildman–Crippen LogP) is 2.71. The zero-order valence-electron chi connectivity index (χ0n) is 9.07. The Morgan fingerprint density at radius 1 is 1.22 bits per heavy atom. The molecule has 2 rings (SSSR count). The molecule has 2 aromatic rings. The van der Waals surface area contributed by atoms with E-state index in [1.54, 1.807) is 0 Å². The van der Waals surface area contributed by atoms with Crippen molar-refractivity contribution in [3.8, 4) is 5.75 Å². The van der Waals surface area contributed by atoms with Crippen LogP contribution in [0.4, 0.5) is 8.78 Å². The highest BCUT2D eigenvalue weighted by molar-refractivity contribution is 6.15. The van der Waals surface area contributed by atoms with E-state index in [1.807, 2.05) is 0 Å². The molecule has 0 atom stereocenters. The van der Waals surface area contributed by atoms with E-state index in [-0.39, 0.29) is 17.9 Å². The molecule has 1 aromatic heterocycles. The van der Waals surface area contributed by atoms with Gasteiger partial charge in [-0.25, -0.2) is 12.9 Å². The van der Waals surface area contributed by atoms with Gasteiger partial charge in [0.1, 0.15) is 24.0 Å². The molecule has 0 radical (unpaired) electrons. The van der Waals surface area contributed by atoms with Crippen LogP contribution in [0.5, 0.6) is 5.75 Å². The number of hydrogen-bond acceptors (Lipinski definition) is 2. The van der Waals surface area contributed by atoms with Crippen molar-refractivity contribution in [1.29, 1.82) is 0 Å². The molecule has 0 bridgehead atoms. The molecular weight excluding hydrogens is 264 g/mol. The summed E-state index contributed by atoms with van der Waals surface area (Å²) < 4.78 is 32.0. The maximum Gasteiger partial charge on any atom is 0.268 e. The highest BCUT2D eigenvalue weighted by Gasteiger charge is 2.05. The maximum absolute atomic E-state index is 13.3. The van der Waals surface area contributed by atoms with Crippen LogP contribution in [0, 0.1) is 11.6 Å². The first-order valence-corrected chi connectivity index (χ1v) is 5.35. The summed E-state index contributed by atoms with van der Waals surface area (Å²) in [6.45, 7) is -0.0994. The van der Waals surface area contributed by atoms with Gasteiger partial charge in [0.05, 0.1) is 0 Å². The molecule has 0 spiro atoms. The fourth-order valence-electron chi connectivity index (χ4n) is 1.33. The highest BCUT2D eigenvalue weighted by atomic mass is 35.5. The van der Waals surface area contributed by atoms with E-state index in [0.717, 1.165) is 16.2 Å². The number of halogens is 3. The number of nitrogens with zero attached hydrogens (tertiary/aromatic N) is 1. The molecule has 3 nitrogen and oxygen atoms in total. The molecule has 0 aliphatic heterocycles. The summed E-state index contributed by atoms with van der Waals surface area (Å²) in [6.07, 6.45) is 1.32. The topological polar surface area (TPSA) is 31.2 Å². The van der Waals surface area contributed by atoms with Gasteiger partial charge in [-0.3, -0.25) is 4.79 Å². The van der Waals surface area contributed by atoms with E-state index in [4.69, 9.17) is 16.5 Å². The minimum absolute atomic E-state index is 0.0994. The molecule has 0 unspecified atom stereocenters. The van der Waals surface area contributed by atoms with Gasteiger partial charge in [0.25, 0.3) is 5.56 Å². The average Bonchev–Trinajstić information content (AvgIpc) is 2.32. The molecule has 0 amide bonds. The van der Waals surface area contributed by atoms with Crippen molar-refractivity contribution in [2.75, 3.05) is 0 Å². The maximum atomic E-state index is 13.3. The molecule has 0 saturated heterocycles. The van der Waals surface area contributed by atoms with E-state index < -0.39 is 17.2 Å². The molecule has 0 aliphatic rings. The third-order valence-corrected chi connectivity index (χ3v) is 2.53. The zero-order chi connectivity index (χ0) is 13.1. The van der Waals surface area contributed by atoms with Crippen LogP contribution < -0.4 is 10.3 Å². The van der Waals surface area contributed by atoms with Gasteiger partial charge in [0.15, 0.2) is 0 Å². The van der Waals surface area contributed by atoms with Crippen molar-refractivity contribution in [3.05, 3.63) is 64.1 Å². The van der Waals surface area contributed by atoms with E-state index in [0.29, 0.717) is 0 Å². The molecule has 18 heavy (non-hydrogen) atoms. The van der Waals surface area contributed by atoms with Crippen LogP contribution in [0.3, 0.4) is 0 Å². The van der Waals surface area contributed by atoms with Gasteiger partial charge in [0, 0.05) is 35.7 Å². The summed E-state index contributed by atoms with van der Waals surface area (Å²) >= 11 is 5.49. The Labute approximate surface area is 106 Å². The standard InChI is InChI=1S/C12H8ClF2NO2/c13-16-4-3-10(6-12(16)17)18-7-8-1-2-9(14)5-11(8)15/h1-6H,7H2. The van der Waals surface area contributed by atoms with Crippen LogP contribution in [0.2, 0.25) is 0 Å². The van der Waals surface area contributed by atoms with Crippen LogP contribution in [0.1, 0.15) is 5.56 Å². The molecule has 0 aliphatic carbocycles. The van der Waals surface area contributed by atoms with Gasteiger partial charge in [0.2, 0.25) is 0 Å². The van der Waals surface area contributed by atoms with Crippen molar-refractivity contribution in [2.24, 2.45) is 0 Å². The summed E-state index contributed by atoms with van der Waals surface area (Å²) in [5.74, 6) is -1.08. The number of hydrogen-bond donors (Lipinski definition) is 0. The number of rotatable bonds is 3. The summed E-state index contributed by atoms with van der Waals surface area (Å²) in [6, 6.07) is 5.84. The molecule has 6 heteroatoms. The number of ether oxygens (including phenoxy) is 1. The fourth-order valence-corrected chi connectivity index (χ4v) is 1.44. The summed E-state index contributed by atoms with van der Waals surface area (Å²) in [4.78, 5) is 11.2. The minimum atomic E-state index is -0.694. The van der Waals surface area contributed by atoms with Crippen molar-refractivity contribution in [2.45, 2.75) is 6.61 Å². The monoisotopic (exact) mass is 271 g/mol. The van der Waals surface area contributed by atoms with Crippen molar-refractivity contribution in [1.82, 2.24) is 4.09 Å². The average molecular weight is 272 g/mol. The van der Waals surface area contributed by atoms with Crippen LogP contribution in [0.25, 0.3) is 0 Å². The minimum Gasteiger partial charge on any atom is -0.489 e. The van der Waals surface area contributed by atoms with Gasteiger partial charge in [-0.05, 0) is 18.2 Å². The predicted molar refractivity (Wildman–Crippen MR) is 62.6 cm³/mol. The largest absolute Gasteiger partial charge is 0.489 e. The molecule has 0 fully saturated rings. The van der Waals surface area contributed by atoms with Crippen molar-refractivity contribution < 1.29 is 13.5 Å². The van der Waals surface area contributed by atoms with Gasteiger partial charge in [-0.15, -0.1) is 0 Å². The number of benzene rings is 1. The second kappa shape index (κ2) is 5.18. The second-order valence-electron chi connectivity index (χ2n) is 3.54. The van der Waals surface area contributed by atoms with Crippen LogP contribution in [-0.2, 0) is 6.61 Å². The SMILES string of the molecule is O=c1cc(OCc2ccc(F)cc2F)ccn1Cl. The lowest BCUT2D eigenvalue weighted by atomic mass is 10.2. The highest BCUT2D eigenvalue weighted by Crippen LogP contribution is 2.13. The third-order valence-electron chi connectivity index (χ3n) is 2.26. The first kappa shape index (κ1) is 12.6. The Morgan fingerprint density at radius 2 is 2.00 bits per heavy atom. The second-order valence-corrected chi connectivity index (χ2v) is 3.90. The zero-order valence-corrected chi connectivity index (χ0v) is 9.82. The number of pyridine rings is 1. The van der Waals surface area contributed by atoms with Crippen molar-refractivity contribution >= 4 is 11.8 Å². The number of aromatic nitrogens is 1. The van der Waals surface area contributed by atoms with Crippen LogP contribution in [-0.4, -0.2) is 4.09 Å². The molecule has 94 valence electrons. The Balaban J connectivity index is 2.11. The van der Waals surface area contributed by atoms with Crippen LogP contribution >= 0.6 is 11.8 Å². The Kier molecular flexibility index (Phi) is 3.62. The quantitative estimate of drug-likeness (QED) is 0.859. The smallest absolute Gasteiger partial charge is 0.268 e. The first-order valence-electron chi connectivity index (χ1n) is 5.02. The first-order chi connectivity index (χ1) is 8.56. The third kappa shape index (κ3) is 2.87. The fraction of sp³-hybridized carbons (Fsp3) is 0.0833. The van der Waals surface area contributed by atoms with E-state index in [2.05, 4.69) is 0 Å². The van der Waals surface area contributed by atoms with E-state index in [9.17, 15) is 13.6 Å². The lowest BCUT2D eigenvalue weighted by Crippen LogP contribution is -2.11. The van der Waals surface area contributed by atoms with Gasteiger partial charge < -0.3 is 4.74 Å². The normalized spacial score (nSPS) is 10.4. The van der Waals surface area contributed by atoms with E-state index in [1.165, 1.54) is 24.4 Å². The Hall–Kier alpha value is -1.88. The van der Waals surface area contributed by atoms with Crippen LogP contribution in [0.15, 0.2) is 41.3 Å². The molecule has 1 aromatic carbocycles. The van der Waals surface area contributed by atoms with E-state index >= 15 is 0 Å². The lowest BCUT2D eigenvalue weighted by molar-refractivity contribution is 0.298. The summed E-state index contributed by atoms with van der Waals surface area (Å²) in [5, 5.41) is 0. The Bertz CT molecular complexity index is 628. The summed E-state index contributed by atoms with van der Waals surface area (Å²) in [7, 11) is 0. The Morgan fingerprint density at radius 3 is 2.67 bits per heavy atom. The van der Waals surface area contributed by atoms with Gasteiger partial charge >= 0.3 is 0 Å². The molecule has 0 N–H and O–H groups in total. The molecule has 0 saturated carbocycles.